The second-order valence-electron chi connectivity index (χ2n) is 17.2. The molecule has 3 N–H and O–H groups in total. The number of rotatable bonds is 46. The molecular weight excluding hydrogens is 675 g/mol. The molecule has 0 aromatic heterocycles. The van der Waals surface area contributed by atoms with E-state index in [2.05, 4.69) is 43.5 Å². The summed E-state index contributed by atoms with van der Waals surface area (Å²) in [5.74, 6) is -0.0278. The van der Waals surface area contributed by atoms with Crippen LogP contribution in [0, 0.1) is 0 Å². The van der Waals surface area contributed by atoms with Crippen molar-refractivity contribution in [2.75, 3.05) is 6.61 Å². The van der Waals surface area contributed by atoms with E-state index in [1.807, 2.05) is 0 Å². The molecule has 1 amide bonds. The summed E-state index contributed by atoms with van der Waals surface area (Å²) in [6.45, 7) is 4.36. The van der Waals surface area contributed by atoms with E-state index in [0.29, 0.717) is 12.8 Å². The second kappa shape index (κ2) is 47.2. The number of aliphatic hydroxyl groups excluding tert-OH is 2. The highest BCUT2D eigenvalue weighted by molar-refractivity contribution is 5.76. The average Bonchev–Trinajstić information content (AvgIpc) is 3.19. The first-order valence-corrected chi connectivity index (χ1v) is 25.0. The fourth-order valence-electron chi connectivity index (χ4n) is 7.86. The summed E-state index contributed by atoms with van der Waals surface area (Å²) in [5.41, 5.74) is 0. The number of aliphatic hydroxyl groups is 2. The average molecular weight is 774 g/mol. The van der Waals surface area contributed by atoms with E-state index in [4.69, 9.17) is 0 Å². The lowest BCUT2D eigenvalue weighted by Crippen LogP contribution is -2.45. The molecule has 0 aromatic rings. The number of amides is 1. The molecule has 0 aromatic carbocycles. The van der Waals surface area contributed by atoms with E-state index in [-0.39, 0.29) is 12.5 Å². The molecule has 0 aliphatic rings. The maximum Gasteiger partial charge on any atom is 0.220 e. The lowest BCUT2D eigenvalue weighted by Gasteiger charge is -2.22. The van der Waals surface area contributed by atoms with Crippen molar-refractivity contribution >= 4 is 5.91 Å². The van der Waals surface area contributed by atoms with E-state index in [0.717, 1.165) is 32.1 Å². The summed E-state index contributed by atoms with van der Waals surface area (Å²) in [6.07, 6.45) is 61.4. The topological polar surface area (TPSA) is 69.6 Å². The van der Waals surface area contributed by atoms with Gasteiger partial charge in [0.1, 0.15) is 0 Å². The Morgan fingerprint density at radius 2 is 0.745 bits per heavy atom. The lowest BCUT2D eigenvalue weighted by atomic mass is 10.0. The van der Waals surface area contributed by atoms with Gasteiger partial charge in [0, 0.05) is 6.42 Å². The zero-order valence-electron chi connectivity index (χ0n) is 37.5. The zero-order chi connectivity index (χ0) is 40.0. The number of unbranched alkanes of at least 4 members (excludes halogenated alkanes) is 35. The molecule has 4 nitrogen and oxygen atoms in total. The fraction of sp³-hybridized carbons (Fsp3) is 0.902. The molecule has 4 heteroatoms. The van der Waals surface area contributed by atoms with Crippen molar-refractivity contribution < 1.29 is 15.0 Å². The molecule has 0 spiro atoms. The normalized spacial score (nSPS) is 13.0. The van der Waals surface area contributed by atoms with Crippen molar-refractivity contribution in [1.82, 2.24) is 5.32 Å². The molecular formula is C51H99NO3. The standard InChI is InChI=1S/C51H99NO3/c1-3-5-7-9-11-13-15-17-19-20-21-22-23-24-25-26-27-28-29-30-31-32-33-35-37-39-41-43-45-47-51(55)52-49(48-53)50(54)46-44-42-40-38-36-34-18-16-14-12-10-8-6-4-2/h15,17,20-21,49-50,53-54H,3-14,16,18-19,22-48H2,1-2H3,(H,52,55)/b17-15-,21-20-. The van der Waals surface area contributed by atoms with Gasteiger partial charge in [0.25, 0.3) is 0 Å². The van der Waals surface area contributed by atoms with Crippen LogP contribution in [-0.2, 0) is 4.79 Å². The van der Waals surface area contributed by atoms with E-state index < -0.39 is 12.1 Å². The predicted molar refractivity (Wildman–Crippen MR) is 244 cm³/mol. The van der Waals surface area contributed by atoms with Crippen molar-refractivity contribution in [3.63, 3.8) is 0 Å². The number of hydrogen-bond donors (Lipinski definition) is 3. The summed E-state index contributed by atoms with van der Waals surface area (Å²) < 4.78 is 0. The highest BCUT2D eigenvalue weighted by Gasteiger charge is 2.20. The van der Waals surface area contributed by atoms with Crippen LogP contribution in [-0.4, -0.2) is 34.9 Å². The van der Waals surface area contributed by atoms with Crippen LogP contribution in [0.4, 0.5) is 0 Å². The summed E-state index contributed by atoms with van der Waals surface area (Å²) in [7, 11) is 0. The van der Waals surface area contributed by atoms with E-state index in [1.165, 1.54) is 218 Å². The molecule has 326 valence electrons. The maximum atomic E-state index is 12.4. The predicted octanol–water partition coefficient (Wildman–Crippen LogP) is 16.0. The number of carbonyl (C=O) groups excluding carboxylic acids is 1. The quantitative estimate of drug-likeness (QED) is 0.0426. The van der Waals surface area contributed by atoms with Crippen molar-refractivity contribution in [3.05, 3.63) is 24.3 Å². The van der Waals surface area contributed by atoms with Gasteiger partial charge in [-0.1, -0.05) is 250 Å². The van der Waals surface area contributed by atoms with Gasteiger partial charge in [-0.25, -0.2) is 0 Å². The first-order valence-electron chi connectivity index (χ1n) is 25.0. The molecule has 2 unspecified atom stereocenters. The Labute approximate surface area is 345 Å². The molecule has 0 aliphatic heterocycles. The third-order valence-electron chi connectivity index (χ3n) is 11.7. The van der Waals surface area contributed by atoms with Gasteiger partial charge < -0.3 is 15.5 Å². The van der Waals surface area contributed by atoms with Gasteiger partial charge in [0.05, 0.1) is 18.8 Å². The summed E-state index contributed by atoms with van der Waals surface area (Å²) >= 11 is 0. The minimum absolute atomic E-state index is 0.0278. The van der Waals surface area contributed by atoms with Crippen LogP contribution in [0.3, 0.4) is 0 Å². The van der Waals surface area contributed by atoms with Gasteiger partial charge in [0.2, 0.25) is 5.91 Å². The number of carbonyl (C=O) groups is 1. The first-order chi connectivity index (χ1) is 27.2. The van der Waals surface area contributed by atoms with Crippen LogP contribution < -0.4 is 5.32 Å². The number of hydrogen-bond acceptors (Lipinski definition) is 3. The summed E-state index contributed by atoms with van der Waals surface area (Å²) in [5, 5.41) is 23.2. The van der Waals surface area contributed by atoms with Gasteiger partial charge in [-0.15, -0.1) is 0 Å². The highest BCUT2D eigenvalue weighted by Crippen LogP contribution is 2.17. The Hall–Kier alpha value is -1.13. The molecule has 0 saturated carbocycles. The van der Waals surface area contributed by atoms with Crippen LogP contribution in [0.15, 0.2) is 24.3 Å². The molecule has 0 fully saturated rings. The van der Waals surface area contributed by atoms with Gasteiger partial charge in [-0.05, 0) is 44.9 Å². The number of allylic oxidation sites excluding steroid dienone is 4. The van der Waals surface area contributed by atoms with Gasteiger partial charge in [-0.3, -0.25) is 4.79 Å². The molecule has 2 atom stereocenters. The Balaban J connectivity index is 3.43. The molecule has 0 rings (SSSR count). The molecule has 55 heavy (non-hydrogen) atoms. The number of nitrogens with one attached hydrogen (secondary N) is 1. The van der Waals surface area contributed by atoms with Crippen LogP contribution in [0.2, 0.25) is 0 Å². The Bertz CT molecular complexity index is 795. The van der Waals surface area contributed by atoms with Crippen molar-refractivity contribution in [2.24, 2.45) is 0 Å². The Morgan fingerprint density at radius 1 is 0.436 bits per heavy atom. The minimum Gasteiger partial charge on any atom is -0.394 e. The lowest BCUT2D eigenvalue weighted by molar-refractivity contribution is -0.123. The van der Waals surface area contributed by atoms with E-state index in [1.54, 1.807) is 0 Å². The largest absolute Gasteiger partial charge is 0.394 e. The Kier molecular flexibility index (Phi) is 46.3. The maximum absolute atomic E-state index is 12.4. The Morgan fingerprint density at radius 3 is 1.09 bits per heavy atom. The van der Waals surface area contributed by atoms with Gasteiger partial charge in [-0.2, -0.15) is 0 Å². The molecule has 0 saturated heterocycles. The monoisotopic (exact) mass is 774 g/mol. The summed E-state index contributed by atoms with van der Waals surface area (Å²) in [4.78, 5) is 12.4. The molecule has 0 bridgehead atoms. The van der Waals surface area contributed by atoms with Crippen LogP contribution in [0.1, 0.15) is 277 Å². The van der Waals surface area contributed by atoms with Crippen LogP contribution >= 0.6 is 0 Å². The van der Waals surface area contributed by atoms with E-state index in [9.17, 15) is 15.0 Å². The highest BCUT2D eigenvalue weighted by atomic mass is 16.3. The van der Waals surface area contributed by atoms with Crippen LogP contribution in [0.25, 0.3) is 0 Å². The molecule has 0 aliphatic carbocycles. The SMILES string of the molecule is CCCCCCC/C=C\C/C=C\CCCCCCCCCCCCCCCCCCCC(=O)NC(CO)C(O)CCCCCCCCCCCCCCCC. The molecule has 0 radical (unpaired) electrons. The third kappa shape index (κ3) is 43.8. The third-order valence-corrected chi connectivity index (χ3v) is 11.7. The van der Waals surface area contributed by atoms with E-state index >= 15 is 0 Å². The van der Waals surface area contributed by atoms with Crippen molar-refractivity contribution in [3.8, 4) is 0 Å². The van der Waals surface area contributed by atoms with Crippen molar-refractivity contribution in [1.29, 1.82) is 0 Å². The molecule has 0 heterocycles. The second-order valence-corrected chi connectivity index (χ2v) is 17.2. The fourth-order valence-corrected chi connectivity index (χ4v) is 7.86. The van der Waals surface area contributed by atoms with Crippen LogP contribution in [0.5, 0.6) is 0 Å². The zero-order valence-corrected chi connectivity index (χ0v) is 37.5. The smallest absolute Gasteiger partial charge is 0.220 e. The first kappa shape index (κ1) is 53.9. The minimum atomic E-state index is -0.656. The summed E-state index contributed by atoms with van der Waals surface area (Å²) in [6, 6.07) is -0.533. The van der Waals surface area contributed by atoms with Gasteiger partial charge in [0.15, 0.2) is 0 Å². The van der Waals surface area contributed by atoms with Gasteiger partial charge >= 0.3 is 0 Å². The van der Waals surface area contributed by atoms with Crippen molar-refractivity contribution in [2.45, 2.75) is 289 Å².